The van der Waals surface area contributed by atoms with Gasteiger partial charge in [-0.3, -0.25) is 4.90 Å². The van der Waals surface area contributed by atoms with Gasteiger partial charge < -0.3 is 10.5 Å². The molecular formula is C15H21N3OS. The first-order chi connectivity index (χ1) is 9.72. The van der Waals surface area contributed by atoms with Crippen LogP contribution in [0.5, 0.6) is 5.75 Å². The molecule has 0 unspecified atom stereocenters. The number of rotatable bonds is 7. The van der Waals surface area contributed by atoms with Crippen molar-refractivity contribution in [1.82, 2.24) is 9.88 Å². The summed E-state index contributed by atoms with van der Waals surface area (Å²) in [4.78, 5) is 6.83. The number of methoxy groups -OCH3 is 1. The van der Waals surface area contributed by atoms with Gasteiger partial charge in [0.25, 0.3) is 0 Å². The normalized spacial score (nSPS) is 11.0. The Morgan fingerprint density at radius 3 is 2.85 bits per heavy atom. The maximum atomic E-state index is 5.55. The largest absolute Gasteiger partial charge is 0.496 e. The zero-order chi connectivity index (χ0) is 14.4. The van der Waals surface area contributed by atoms with E-state index < -0.39 is 0 Å². The molecule has 0 radical (unpaired) electrons. The van der Waals surface area contributed by atoms with Gasteiger partial charge in [-0.1, -0.05) is 18.2 Å². The number of benzene rings is 1. The molecule has 2 N–H and O–H groups in total. The Kier molecular flexibility index (Phi) is 5.52. The van der Waals surface area contributed by atoms with Crippen LogP contribution in [0.3, 0.4) is 0 Å². The van der Waals surface area contributed by atoms with Gasteiger partial charge in [0, 0.05) is 30.5 Å². The van der Waals surface area contributed by atoms with Crippen molar-refractivity contribution in [3.63, 3.8) is 0 Å². The highest BCUT2D eigenvalue weighted by atomic mass is 32.1. The quantitative estimate of drug-likeness (QED) is 0.850. The minimum Gasteiger partial charge on any atom is -0.496 e. The number of hydrogen-bond acceptors (Lipinski definition) is 5. The third kappa shape index (κ3) is 4.03. The summed E-state index contributed by atoms with van der Waals surface area (Å²) in [6.45, 7) is 2.33. The molecule has 1 aromatic carbocycles. The van der Waals surface area contributed by atoms with Crippen molar-refractivity contribution in [3.05, 3.63) is 45.9 Å². The molecule has 0 aliphatic rings. The van der Waals surface area contributed by atoms with Gasteiger partial charge in [-0.05, 0) is 19.7 Å². The molecular weight excluding hydrogens is 270 g/mol. The fraction of sp³-hybridized carbons (Fsp3) is 0.400. The van der Waals surface area contributed by atoms with Gasteiger partial charge in [-0.25, -0.2) is 4.98 Å². The molecule has 0 atom stereocenters. The lowest BCUT2D eigenvalue weighted by atomic mass is 10.2. The molecule has 4 nitrogen and oxygen atoms in total. The number of thiazole rings is 1. The third-order valence-corrected chi connectivity index (χ3v) is 3.98. The maximum Gasteiger partial charge on any atom is 0.123 e. The summed E-state index contributed by atoms with van der Waals surface area (Å²) in [5.74, 6) is 0.932. The van der Waals surface area contributed by atoms with Gasteiger partial charge in [0.1, 0.15) is 5.75 Å². The monoisotopic (exact) mass is 291 g/mol. The van der Waals surface area contributed by atoms with Gasteiger partial charge in [-0.15, -0.1) is 11.3 Å². The first-order valence-electron chi connectivity index (χ1n) is 6.66. The molecule has 0 aliphatic carbocycles. The first-order valence-corrected chi connectivity index (χ1v) is 7.54. The minimum atomic E-state index is 0.657. The Bertz CT molecular complexity index is 541. The number of aromatic nitrogens is 1. The molecule has 0 saturated heterocycles. The number of nitrogens with two attached hydrogens (primary N) is 1. The molecule has 1 aromatic heterocycles. The molecule has 2 aromatic rings. The van der Waals surface area contributed by atoms with Crippen LogP contribution in [-0.2, 0) is 19.5 Å². The lowest BCUT2D eigenvalue weighted by Crippen LogP contribution is -2.18. The van der Waals surface area contributed by atoms with Crippen LogP contribution in [0, 0.1) is 0 Å². The van der Waals surface area contributed by atoms with Gasteiger partial charge in [0.05, 0.1) is 17.8 Å². The molecule has 5 heteroatoms. The van der Waals surface area contributed by atoms with Crippen molar-refractivity contribution in [1.29, 1.82) is 0 Å². The Morgan fingerprint density at radius 1 is 1.30 bits per heavy atom. The fourth-order valence-corrected chi connectivity index (χ4v) is 2.92. The predicted octanol–water partition coefficient (Wildman–Crippen LogP) is 2.28. The molecule has 0 spiro atoms. The third-order valence-electron chi connectivity index (χ3n) is 3.02. The van der Waals surface area contributed by atoms with Gasteiger partial charge in [0.2, 0.25) is 0 Å². The highest BCUT2D eigenvalue weighted by Gasteiger charge is 2.08. The Hall–Kier alpha value is -1.43. The summed E-state index contributed by atoms with van der Waals surface area (Å²) in [5, 5.41) is 3.23. The number of nitrogens with zero attached hydrogens (tertiary/aromatic N) is 2. The molecule has 1 heterocycles. The minimum absolute atomic E-state index is 0.657. The van der Waals surface area contributed by atoms with Gasteiger partial charge in [-0.2, -0.15) is 0 Å². The smallest absolute Gasteiger partial charge is 0.123 e. The molecule has 0 saturated carbocycles. The van der Waals surface area contributed by atoms with E-state index in [0.29, 0.717) is 6.54 Å². The van der Waals surface area contributed by atoms with Crippen LogP contribution in [0.25, 0.3) is 0 Å². The second-order valence-electron chi connectivity index (χ2n) is 4.76. The van der Waals surface area contributed by atoms with E-state index in [1.54, 1.807) is 18.4 Å². The van der Waals surface area contributed by atoms with Crippen LogP contribution in [0.2, 0.25) is 0 Å². The zero-order valence-corrected chi connectivity index (χ0v) is 12.8. The highest BCUT2D eigenvalue weighted by Crippen LogP contribution is 2.20. The summed E-state index contributed by atoms with van der Waals surface area (Å²) in [5.41, 5.74) is 7.84. The van der Waals surface area contributed by atoms with Crippen molar-refractivity contribution < 1.29 is 4.74 Å². The van der Waals surface area contributed by atoms with Gasteiger partial charge in [0.15, 0.2) is 0 Å². The van der Waals surface area contributed by atoms with Crippen LogP contribution >= 0.6 is 11.3 Å². The van der Waals surface area contributed by atoms with E-state index in [1.807, 2.05) is 18.2 Å². The summed E-state index contributed by atoms with van der Waals surface area (Å²) in [7, 11) is 3.80. The van der Waals surface area contributed by atoms with Crippen LogP contribution in [0.1, 0.15) is 16.3 Å². The Balaban J connectivity index is 1.95. The average molecular weight is 291 g/mol. The number of hydrogen-bond donors (Lipinski definition) is 1. The van der Waals surface area contributed by atoms with Crippen molar-refractivity contribution in [2.75, 3.05) is 20.7 Å². The lowest BCUT2D eigenvalue weighted by molar-refractivity contribution is 0.307. The van der Waals surface area contributed by atoms with Crippen LogP contribution in [0.15, 0.2) is 29.6 Å². The van der Waals surface area contributed by atoms with E-state index >= 15 is 0 Å². The van der Waals surface area contributed by atoms with E-state index in [9.17, 15) is 0 Å². The summed E-state index contributed by atoms with van der Waals surface area (Å²) >= 11 is 1.69. The molecule has 0 bridgehead atoms. The lowest BCUT2D eigenvalue weighted by Gasteiger charge is -2.17. The molecule has 0 amide bonds. The Morgan fingerprint density at radius 2 is 2.10 bits per heavy atom. The van der Waals surface area contributed by atoms with Crippen LogP contribution in [-0.4, -0.2) is 30.6 Å². The Labute approximate surface area is 124 Å². The van der Waals surface area contributed by atoms with Crippen molar-refractivity contribution in [3.8, 4) is 5.75 Å². The topological polar surface area (TPSA) is 51.4 Å². The highest BCUT2D eigenvalue weighted by molar-refractivity contribution is 7.09. The molecule has 20 heavy (non-hydrogen) atoms. The molecule has 2 rings (SSSR count). The van der Waals surface area contributed by atoms with E-state index in [-0.39, 0.29) is 0 Å². The fourth-order valence-electron chi connectivity index (χ4n) is 2.12. The van der Waals surface area contributed by atoms with E-state index in [2.05, 4.69) is 28.4 Å². The predicted molar refractivity (Wildman–Crippen MR) is 83.0 cm³/mol. The van der Waals surface area contributed by atoms with Crippen LogP contribution < -0.4 is 10.5 Å². The second kappa shape index (κ2) is 7.38. The molecule has 0 fully saturated rings. The second-order valence-corrected chi connectivity index (χ2v) is 5.70. The van der Waals surface area contributed by atoms with Crippen molar-refractivity contribution in [2.45, 2.75) is 19.5 Å². The standard InChI is InChI=1S/C15H21N3OS/c1-18(9-12-5-3-4-6-14(12)19-2)10-13-11-20-15(17-13)7-8-16/h3-6,11H,7-10,16H2,1-2H3. The number of para-hydroxylation sites is 1. The van der Waals surface area contributed by atoms with E-state index in [4.69, 9.17) is 10.5 Å². The van der Waals surface area contributed by atoms with E-state index in [1.165, 1.54) is 5.56 Å². The van der Waals surface area contributed by atoms with Crippen molar-refractivity contribution in [2.24, 2.45) is 5.73 Å². The summed E-state index contributed by atoms with van der Waals surface area (Å²) in [6, 6.07) is 8.11. The van der Waals surface area contributed by atoms with E-state index in [0.717, 1.165) is 36.0 Å². The number of ether oxygens (including phenoxy) is 1. The maximum absolute atomic E-state index is 5.55. The summed E-state index contributed by atoms with van der Waals surface area (Å²) in [6.07, 6.45) is 0.862. The van der Waals surface area contributed by atoms with Crippen molar-refractivity contribution >= 4 is 11.3 Å². The van der Waals surface area contributed by atoms with Crippen LogP contribution in [0.4, 0.5) is 0 Å². The average Bonchev–Trinajstić information content (AvgIpc) is 2.87. The first kappa shape index (κ1) is 15.0. The molecule has 108 valence electrons. The summed E-state index contributed by atoms with van der Waals surface area (Å²) < 4.78 is 5.38. The SMILES string of the molecule is COc1ccccc1CN(C)Cc1csc(CCN)n1. The zero-order valence-electron chi connectivity index (χ0n) is 12.0. The molecule has 0 aliphatic heterocycles. The van der Waals surface area contributed by atoms with Gasteiger partial charge >= 0.3 is 0 Å².